The lowest BCUT2D eigenvalue weighted by molar-refractivity contribution is 0.0564. The summed E-state index contributed by atoms with van der Waals surface area (Å²) >= 11 is 1.82. The maximum atomic E-state index is 9.19. The van der Waals surface area contributed by atoms with Crippen LogP contribution in [0.15, 0.2) is 70.7 Å². The van der Waals surface area contributed by atoms with E-state index in [0.29, 0.717) is 6.26 Å². The number of imidazole rings is 1. The molecule has 4 rings (SSSR count). The van der Waals surface area contributed by atoms with Gasteiger partial charge in [-0.15, -0.1) is 0 Å². The summed E-state index contributed by atoms with van der Waals surface area (Å²) in [4.78, 5) is 6.84. The van der Waals surface area contributed by atoms with Crippen molar-refractivity contribution in [1.82, 2.24) is 9.55 Å². The van der Waals surface area contributed by atoms with Crippen molar-refractivity contribution >= 4 is 21.9 Å². The number of hydrogen-bond acceptors (Lipinski definition) is 5. The molecule has 8 heteroatoms. The molecule has 0 saturated carbocycles. The van der Waals surface area contributed by atoms with Gasteiger partial charge in [0.2, 0.25) is 0 Å². The minimum atomic E-state index is -3.67. The number of aryl methyl sites for hydroxylation is 1. The van der Waals surface area contributed by atoms with Crippen LogP contribution in [0.4, 0.5) is 0 Å². The summed E-state index contributed by atoms with van der Waals surface area (Å²) in [7, 11) is -3.67. The fourth-order valence-corrected chi connectivity index (χ4v) is 4.38. The zero-order valence-electron chi connectivity index (χ0n) is 18.0. The average Bonchev–Trinajstić information content (AvgIpc) is 3.14. The van der Waals surface area contributed by atoms with E-state index in [-0.39, 0.29) is 6.84 Å². The molecule has 0 radical (unpaired) electrons. The van der Waals surface area contributed by atoms with Gasteiger partial charge < -0.3 is 9.30 Å². The van der Waals surface area contributed by atoms with E-state index >= 15 is 0 Å². The quantitative estimate of drug-likeness (QED) is 0.540. The number of hydrogen-bond donors (Lipinski definition) is 1. The lowest BCUT2D eigenvalue weighted by atomic mass is 9.76. The Hall–Kier alpha value is -2.13. The van der Waals surface area contributed by atoms with E-state index < -0.39 is 10.1 Å². The smallest absolute Gasteiger partial charge is 0.261 e. The van der Waals surface area contributed by atoms with E-state index in [4.69, 9.17) is 9.29 Å². The van der Waals surface area contributed by atoms with Crippen molar-refractivity contribution < 1.29 is 19.1 Å². The molecule has 31 heavy (non-hydrogen) atoms. The molecular formula is C23H30N2O4S2. The van der Waals surface area contributed by atoms with Gasteiger partial charge in [0.15, 0.2) is 0 Å². The first-order chi connectivity index (χ1) is 14.6. The standard InChI is InChI=1S/C22H24N2OS.CH4O3S.H2/c1-17-23-12-13-24(17)19-6-8-20(9-7-19)26-21-5-3-4-18(16-21)22(2)10-14-25-15-11-22;1-5(2,3)4;/h3-9,12-13,16H,10-11,14-15H2,1-2H3;1H3,(H,2,3,4);1H. The second-order valence-electron chi connectivity index (χ2n) is 7.87. The summed E-state index contributed by atoms with van der Waals surface area (Å²) in [5, 5.41) is 0. The van der Waals surface area contributed by atoms with Crippen LogP contribution in [0.25, 0.3) is 5.69 Å². The Morgan fingerprint density at radius 3 is 2.35 bits per heavy atom. The molecule has 1 aliphatic rings. The first kappa shape index (κ1) is 23.5. The molecule has 1 saturated heterocycles. The molecule has 0 atom stereocenters. The molecular weight excluding hydrogens is 432 g/mol. The molecule has 1 aromatic heterocycles. The Balaban J connectivity index is 0.000000548. The lowest BCUT2D eigenvalue weighted by Gasteiger charge is -2.34. The minimum Gasteiger partial charge on any atom is -0.381 e. The number of nitrogens with zero attached hydrogens (tertiary/aromatic N) is 2. The predicted molar refractivity (Wildman–Crippen MR) is 126 cm³/mol. The lowest BCUT2D eigenvalue weighted by Crippen LogP contribution is -2.30. The third-order valence-electron chi connectivity index (χ3n) is 5.30. The van der Waals surface area contributed by atoms with Crippen molar-refractivity contribution in [3.63, 3.8) is 0 Å². The summed E-state index contributed by atoms with van der Waals surface area (Å²) in [6.45, 7) is 6.11. The molecule has 1 fully saturated rings. The molecule has 1 aliphatic heterocycles. The van der Waals surface area contributed by atoms with Gasteiger partial charge in [-0.1, -0.05) is 30.8 Å². The number of aromatic nitrogens is 2. The molecule has 2 aromatic carbocycles. The van der Waals surface area contributed by atoms with Gasteiger partial charge in [-0.3, -0.25) is 4.55 Å². The third kappa shape index (κ3) is 6.93. The van der Waals surface area contributed by atoms with E-state index in [1.54, 1.807) is 0 Å². The van der Waals surface area contributed by atoms with Crippen LogP contribution in [0, 0.1) is 6.92 Å². The van der Waals surface area contributed by atoms with Gasteiger partial charge in [0.25, 0.3) is 10.1 Å². The van der Waals surface area contributed by atoms with Crippen molar-refractivity contribution in [3.8, 4) is 5.69 Å². The maximum absolute atomic E-state index is 9.19. The van der Waals surface area contributed by atoms with Crippen LogP contribution >= 0.6 is 11.8 Å². The van der Waals surface area contributed by atoms with E-state index in [9.17, 15) is 8.42 Å². The third-order valence-corrected chi connectivity index (χ3v) is 6.30. The Kier molecular flexibility index (Phi) is 7.59. The van der Waals surface area contributed by atoms with Crippen LogP contribution in [0.1, 0.15) is 32.6 Å². The summed E-state index contributed by atoms with van der Waals surface area (Å²) in [5.41, 5.74) is 2.81. The molecule has 6 nitrogen and oxygen atoms in total. The zero-order valence-corrected chi connectivity index (χ0v) is 19.6. The van der Waals surface area contributed by atoms with Crippen LogP contribution in [-0.4, -0.2) is 42.0 Å². The normalized spacial score (nSPS) is 15.7. The number of benzene rings is 2. The second kappa shape index (κ2) is 9.99. The topological polar surface area (TPSA) is 81.4 Å². The molecule has 0 unspecified atom stereocenters. The molecule has 168 valence electrons. The maximum Gasteiger partial charge on any atom is 0.261 e. The van der Waals surface area contributed by atoms with E-state index in [0.717, 1.165) is 37.6 Å². The van der Waals surface area contributed by atoms with Crippen LogP contribution < -0.4 is 0 Å². The highest BCUT2D eigenvalue weighted by atomic mass is 32.2. The Morgan fingerprint density at radius 2 is 1.77 bits per heavy atom. The summed E-state index contributed by atoms with van der Waals surface area (Å²) in [5.74, 6) is 1.00. The van der Waals surface area contributed by atoms with E-state index in [2.05, 4.69) is 65.0 Å². The fourth-order valence-electron chi connectivity index (χ4n) is 3.51. The van der Waals surface area contributed by atoms with Crippen molar-refractivity contribution in [1.29, 1.82) is 0 Å². The van der Waals surface area contributed by atoms with Crippen molar-refractivity contribution in [2.45, 2.75) is 41.9 Å². The van der Waals surface area contributed by atoms with Gasteiger partial charge in [0.05, 0.1) is 6.26 Å². The van der Waals surface area contributed by atoms with E-state index in [1.807, 2.05) is 31.1 Å². The van der Waals surface area contributed by atoms with Crippen LogP contribution in [-0.2, 0) is 20.3 Å². The monoisotopic (exact) mass is 462 g/mol. The van der Waals surface area contributed by atoms with Gasteiger partial charge >= 0.3 is 0 Å². The van der Waals surface area contributed by atoms with Gasteiger partial charge in [-0.05, 0) is 67.1 Å². The summed E-state index contributed by atoms with van der Waals surface area (Å²) in [6.07, 6.45) is 6.74. The highest BCUT2D eigenvalue weighted by molar-refractivity contribution is 7.99. The highest BCUT2D eigenvalue weighted by Gasteiger charge is 2.29. The van der Waals surface area contributed by atoms with Gasteiger partial charge in [-0.2, -0.15) is 8.42 Å². The SMILES string of the molecule is CS(=O)(=O)O.Cc1nccn1-c1ccc(Sc2cccc(C3(C)CCOCC3)c2)cc1.[HH]. The first-order valence-electron chi connectivity index (χ1n) is 10.0. The van der Waals surface area contributed by atoms with Crippen molar-refractivity contribution in [2.75, 3.05) is 19.5 Å². The van der Waals surface area contributed by atoms with Gasteiger partial charge in [0.1, 0.15) is 5.82 Å². The molecule has 3 aromatic rings. The predicted octanol–water partition coefficient (Wildman–Crippen LogP) is 5.15. The van der Waals surface area contributed by atoms with Gasteiger partial charge in [0, 0.05) is 42.5 Å². The zero-order chi connectivity index (χ0) is 22.5. The van der Waals surface area contributed by atoms with Crippen LogP contribution in [0.2, 0.25) is 0 Å². The van der Waals surface area contributed by atoms with Crippen molar-refractivity contribution in [3.05, 3.63) is 72.3 Å². The Bertz CT molecular complexity index is 1100. The van der Waals surface area contributed by atoms with Crippen LogP contribution in [0.3, 0.4) is 0 Å². The average molecular weight is 463 g/mol. The van der Waals surface area contributed by atoms with E-state index in [1.165, 1.54) is 15.4 Å². The molecule has 0 amide bonds. The highest BCUT2D eigenvalue weighted by Crippen LogP contribution is 2.37. The fraction of sp³-hybridized carbons (Fsp3) is 0.348. The number of rotatable bonds is 4. The largest absolute Gasteiger partial charge is 0.381 e. The Labute approximate surface area is 189 Å². The molecule has 2 heterocycles. The summed E-state index contributed by atoms with van der Waals surface area (Å²) < 4.78 is 33.5. The molecule has 0 bridgehead atoms. The van der Waals surface area contributed by atoms with Gasteiger partial charge in [-0.25, -0.2) is 4.98 Å². The minimum absolute atomic E-state index is 0. The second-order valence-corrected chi connectivity index (χ2v) is 10.5. The Morgan fingerprint density at radius 1 is 1.13 bits per heavy atom. The molecule has 1 N–H and O–H groups in total. The summed E-state index contributed by atoms with van der Waals surface area (Å²) in [6, 6.07) is 17.7. The first-order valence-corrected chi connectivity index (χ1v) is 12.7. The van der Waals surface area contributed by atoms with Crippen molar-refractivity contribution in [2.24, 2.45) is 0 Å². The number of ether oxygens (including phenoxy) is 1. The molecule has 0 aliphatic carbocycles. The van der Waals surface area contributed by atoms with Crippen LogP contribution in [0.5, 0.6) is 0 Å². The molecule has 0 spiro atoms.